The highest BCUT2D eigenvalue weighted by molar-refractivity contribution is 6.84. The first kappa shape index (κ1) is 17.8. The van der Waals surface area contributed by atoms with Gasteiger partial charge in [0.1, 0.15) is 0 Å². The summed E-state index contributed by atoms with van der Waals surface area (Å²) in [5.41, 5.74) is 8.20. The van der Waals surface area contributed by atoms with Crippen LogP contribution in [-0.2, 0) is 19.9 Å². The smallest absolute Gasteiger partial charge is 0.0647 e. The highest BCUT2D eigenvalue weighted by Crippen LogP contribution is 2.54. The van der Waals surface area contributed by atoms with Crippen LogP contribution in [0.25, 0.3) is 10.9 Å². The normalized spacial score (nSPS) is 18.8. The lowest BCUT2D eigenvalue weighted by Crippen LogP contribution is -2.50. The van der Waals surface area contributed by atoms with E-state index in [1.54, 1.807) is 11.3 Å². The Morgan fingerprint density at radius 1 is 0.958 bits per heavy atom. The zero-order valence-corrected chi connectivity index (χ0v) is 17.7. The standard InChI is InChI=1S/C22H35NSi/c1-15(2)24(16(3)4,17(5)6)18-12-13-20-19-10-8-9-11-21(19)23(7)22(20)14-18/h8-11,15-18H,12-14H2,1-7H3. The molecule has 0 spiro atoms. The summed E-state index contributed by atoms with van der Waals surface area (Å²) in [4.78, 5) is 0. The lowest BCUT2D eigenvalue weighted by molar-refractivity contribution is 0.593. The third-order valence-corrected chi connectivity index (χ3v) is 15.1. The van der Waals surface area contributed by atoms with Crippen molar-refractivity contribution in [1.82, 2.24) is 4.57 Å². The molecule has 1 atom stereocenters. The summed E-state index contributed by atoms with van der Waals surface area (Å²) in [5.74, 6) is 0. The fourth-order valence-corrected chi connectivity index (χ4v) is 14.6. The number of aryl methyl sites for hydroxylation is 2. The van der Waals surface area contributed by atoms with Gasteiger partial charge in [-0.3, -0.25) is 0 Å². The minimum absolute atomic E-state index is 0.860. The van der Waals surface area contributed by atoms with Crippen LogP contribution in [0.2, 0.25) is 22.2 Å². The quantitative estimate of drug-likeness (QED) is 0.544. The van der Waals surface area contributed by atoms with Gasteiger partial charge in [-0.2, -0.15) is 0 Å². The van der Waals surface area contributed by atoms with E-state index in [4.69, 9.17) is 0 Å². The summed E-state index contributed by atoms with van der Waals surface area (Å²) in [6, 6.07) is 9.00. The number of para-hydroxylation sites is 1. The second-order valence-electron chi connectivity index (χ2n) is 8.91. The van der Waals surface area contributed by atoms with Crippen molar-refractivity contribution in [2.24, 2.45) is 7.05 Å². The van der Waals surface area contributed by atoms with Crippen molar-refractivity contribution in [3.05, 3.63) is 35.5 Å². The van der Waals surface area contributed by atoms with E-state index in [2.05, 4.69) is 77.4 Å². The van der Waals surface area contributed by atoms with Crippen molar-refractivity contribution in [2.45, 2.75) is 83.0 Å². The number of nitrogens with zero attached hydrogens (tertiary/aromatic N) is 1. The lowest BCUT2D eigenvalue weighted by atomic mass is 9.95. The van der Waals surface area contributed by atoms with Crippen molar-refractivity contribution in [2.75, 3.05) is 0 Å². The van der Waals surface area contributed by atoms with E-state index in [1.165, 1.54) is 30.2 Å². The van der Waals surface area contributed by atoms with Crippen LogP contribution < -0.4 is 0 Å². The maximum absolute atomic E-state index is 2.52. The molecule has 132 valence electrons. The molecule has 2 aromatic rings. The molecule has 0 fully saturated rings. The molecule has 0 saturated carbocycles. The van der Waals surface area contributed by atoms with Crippen LogP contribution in [0.3, 0.4) is 0 Å². The molecule has 0 aliphatic heterocycles. The SMILES string of the molecule is CC(C)[Si](C(C)C)(C(C)C)C1CCc2c(n(C)c3ccccc23)C1. The lowest BCUT2D eigenvalue weighted by Gasteiger charge is -2.50. The molecule has 0 amide bonds. The molecule has 0 N–H and O–H groups in total. The predicted octanol–water partition coefficient (Wildman–Crippen LogP) is 6.72. The summed E-state index contributed by atoms with van der Waals surface area (Å²) in [7, 11) is 0.904. The van der Waals surface area contributed by atoms with Gasteiger partial charge >= 0.3 is 0 Å². The van der Waals surface area contributed by atoms with E-state index in [-0.39, 0.29) is 0 Å². The number of fused-ring (bicyclic) bond motifs is 3. The highest BCUT2D eigenvalue weighted by atomic mass is 28.3. The van der Waals surface area contributed by atoms with Gasteiger partial charge in [0, 0.05) is 23.6 Å². The molecule has 1 aliphatic carbocycles. The maximum atomic E-state index is 2.52. The Morgan fingerprint density at radius 3 is 2.12 bits per heavy atom. The second-order valence-corrected chi connectivity index (χ2v) is 15.2. The third kappa shape index (κ3) is 2.41. The van der Waals surface area contributed by atoms with Gasteiger partial charge in [-0.1, -0.05) is 76.4 Å². The largest absolute Gasteiger partial charge is 0.347 e. The van der Waals surface area contributed by atoms with E-state index >= 15 is 0 Å². The summed E-state index contributed by atoms with van der Waals surface area (Å²) in [6.07, 6.45) is 3.99. The zero-order chi connectivity index (χ0) is 17.6. The Hall–Kier alpha value is -1.02. The van der Waals surface area contributed by atoms with E-state index in [9.17, 15) is 0 Å². The van der Waals surface area contributed by atoms with E-state index in [0.29, 0.717) is 0 Å². The molecule has 1 aliphatic rings. The maximum Gasteiger partial charge on any atom is 0.0647 e. The fraction of sp³-hybridized carbons (Fsp3) is 0.636. The first-order valence-corrected chi connectivity index (χ1v) is 12.2. The number of aromatic nitrogens is 1. The molecule has 0 bridgehead atoms. The van der Waals surface area contributed by atoms with Gasteiger partial charge in [-0.05, 0) is 36.4 Å². The van der Waals surface area contributed by atoms with Crippen LogP contribution in [0, 0.1) is 0 Å². The number of benzene rings is 1. The van der Waals surface area contributed by atoms with Crippen molar-refractivity contribution < 1.29 is 0 Å². The minimum Gasteiger partial charge on any atom is -0.347 e. The summed E-state index contributed by atoms with van der Waals surface area (Å²) in [6.45, 7) is 15.1. The Kier molecular flexibility index (Phi) is 4.72. The molecule has 1 unspecified atom stereocenters. The molecule has 1 nitrogen and oxygen atoms in total. The van der Waals surface area contributed by atoms with Gasteiger partial charge in [0.2, 0.25) is 0 Å². The average molecular weight is 342 g/mol. The topological polar surface area (TPSA) is 4.93 Å². The number of rotatable bonds is 4. The Bertz CT molecular complexity index is 701. The van der Waals surface area contributed by atoms with E-state index < -0.39 is 8.07 Å². The fourth-order valence-electron chi connectivity index (χ4n) is 6.56. The molecule has 1 aromatic carbocycles. The first-order valence-electron chi connectivity index (χ1n) is 9.86. The van der Waals surface area contributed by atoms with Gasteiger partial charge in [0.05, 0.1) is 8.07 Å². The predicted molar refractivity (Wildman–Crippen MR) is 110 cm³/mol. The minimum atomic E-state index is -1.38. The first-order chi connectivity index (χ1) is 11.3. The monoisotopic (exact) mass is 341 g/mol. The van der Waals surface area contributed by atoms with Crippen LogP contribution in [0.5, 0.6) is 0 Å². The molecule has 1 aromatic heterocycles. The Balaban J connectivity index is 2.08. The Morgan fingerprint density at radius 2 is 1.54 bits per heavy atom. The van der Waals surface area contributed by atoms with E-state index in [0.717, 1.165) is 22.2 Å². The molecule has 2 heteroatoms. The third-order valence-electron chi connectivity index (χ3n) is 7.23. The van der Waals surface area contributed by atoms with Gasteiger partial charge < -0.3 is 4.57 Å². The van der Waals surface area contributed by atoms with Crippen LogP contribution in [0.4, 0.5) is 0 Å². The summed E-state index contributed by atoms with van der Waals surface area (Å²) < 4.78 is 2.50. The van der Waals surface area contributed by atoms with Gasteiger partial charge in [-0.15, -0.1) is 0 Å². The van der Waals surface area contributed by atoms with Crippen molar-refractivity contribution in [3.8, 4) is 0 Å². The summed E-state index contributed by atoms with van der Waals surface area (Å²) in [5, 5.41) is 1.50. The zero-order valence-electron chi connectivity index (χ0n) is 16.7. The molecular formula is C22H35NSi. The van der Waals surface area contributed by atoms with Gasteiger partial charge in [-0.25, -0.2) is 0 Å². The molecule has 24 heavy (non-hydrogen) atoms. The van der Waals surface area contributed by atoms with Gasteiger partial charge in [0.25, 0.3) is 0 Å². The molecule has 0 radical (unpaired) electrons. The molecule has 1 heterocycles. The van der Waals surface area contributed by atoms with E-state index in [1.807, 2.05) is 0 Å². The van der Waals surface area contributed by atoms with Crippen LogP contribution in [-0.4, -0.2) is 12.6 Å². The van der Waals surface area contributed by atoms with Gasteiger partial charge in [0.15, 0.2) is 0 Å². The van der Waals surface area contributed by atoms with Crippen molar-refractivity contribution >= 4 is 19.0 Å². The van der Waals surface area contributed by atoms with Crippen LogP contribution in [0.1, 0.15) is 59.2 Å². The summed E-state index contributed by atoms with van der Waals surface area (Å²) >= 11 is 0. The Labute approximate surface area is 149 Å². The molecule has 0 saturated heterocycles. The number of hydrogen-bond donors (Lipinski definition) is 0. The van der Waals surface area contributed by atoms with Crippen LogP contribution in [0.15, 0.2) is 24.3 Å². The van der Waals surface area contributed by atoms with Crippen LogP contribution >= 0.6 is 0 Å². The molecule has 3 rings (SSSR count). The average Bonchev–Trinajstić information content (AvgIpc) is 2.80. The number of hydrogen-bond acceptors (Lipinski definition) is 0. The second kappa shape index (κ2) is 6.37. The molecular weight excluding hydrogens is 306 g/mol. The van der Waals surface area contributed by atoms with Crippen molar-refractivity contribution in [1.29, 1.82) is 0 Å². The highest BCUT2D eigenvalue weighted by Gasteiger charge is 2.49. The van der Waals surface area contributed by atoms with Crippen molar-refractivity contribution in [3.63, 3.8) is 0 Å².